The monoisotopic (exact) mass is 1100 g/mol. The quantitative estimate of drug-likeness (QED) is 0.0503. The predicted molar refractivity (Wildman–Crippen MR) is 228 cm³/mol. The third kappa shape index (κ3) is 14.1. The molecule has 0 spiro atoms. The van der Waals surface area contributed by atoms with Gasteiger partial charge in [0.05, 0.1) is 44.7 Å². The molecular weight excluding hydrogens is 1040 g/mol. The van der Waals surface area contributed by atoms with E-state index in [0.717, 1.165) is 20.8 Å². The third-order valence-corrected chi connectivity index (χ3v) is 13.1. The summed E-state index contributed by atoms with van der Waals surface area (Å²) >= 11 is 0. The third-order valence-electron chi connectivity index (χ3n) is 12.7. The molecule has 5 fully saturated rings. The molecule has 428 valence electrons. The minimum Gasteiger partial charge on any atom is -0.477 e. The highest BCUT2D eigenvalue weighted by molar-refractivity contribution is 7.80. The molecule has 18 N–H and O–H groups in total. The zero-order valence-corrected chi connectivity index (χ0v) is 40.4. The van der Waals surface area contributed by atoms with Gasteiger partial charge in [0, 0.05) is 27.2 Å². The minimum absolute atomic E-state index is 0.803. The van der Waals surface area contributed by atoms with Crippen LogP contribution in [-0.4, -0.2) is 294 Å². The molecule has 26 atom stereocenters. The summed E-state index contributed by atoms with van der Waals surface area (Å²) < 4.78 is 89.5. The fourth-order valence-electron chi connectivity index (χ4n) is 9.01. The number of carboxylic acid groups (broad SMARTS) is 1. The molecule has 0 bridgehead atoms. The van der Waals surface area contributed by atoms with E-state index in [1.54, 1.807) is 0 Å². The first-order chi connectivity index (χ1) is 34.5. The smallest absolute Gasteiger partial charge is 0.397 e. The molecule has 0 saturated carbocycles. The van der Waals surface area contributed by atoms with E-state index in [0.29, 0.717) is 0 Å². The van der Waals surface area contributed by atoms with Crippen molar-refractivity contribution < 1.29 is 150 Å². The molecule has 1 unspecified atom stereocenters. The molecule has 5 aliphatic heterocycles. The normalized spacial score (nSPS) is 43.9. The Bertz CT molecular complexity index is 2010. The summed E-state index contributed by atoms with van der Waals surface area (Å²) in [5.41, 5.74) is 0. The van der Waals surface area contributed by atoms with Crippen LogP contribution in [0.2, 0.25) is 0 Å². The van der Waals surface area contributed by atoms with Gasteiger partial charge in [-0.25, -0.2) is 8.98 Å². The first-order valence-electron chi connectivity index (χ1n) is 22.7. The lowest BCUT2D eigenvalue weighted by Crippen LogP contribution is -2.72. The summed E-state index contributed by atoms with van der Waals surface area (Å²) in [5, 5.41) is 157. The summed E-state index contributed by atoms with van der Waals surface area (Å²) in [4.78, 5) is 50.5. The molecule has 5 rings (SSSR count). The van der Waals surface area contributed by atoms with Crippen molar-refractivity contribution in [3.05, 3.63) is 0 Å². The van der Waals surface area contributed by atoms with Gasteiger partial charge in [-0.15, -0.1) is 0 Å². The Morgan fingerprint density at radius 3 is 1.72 bits per heavy atom. The Labute approximate surface area is 419 Å². The second-order valence-electron chi connectivity index (χ2n) is 18.1. The maximum atomic E-state index is 13.0. The van der Waals surface area contributed by atoms with E-state index in [4.69, 9.17) is 42.6 Å². The van der Waals surface area contributed by atoms with Crippen molar-refractivity contribution in [1.29, 1.82) is 0 Å². The number of aliphatic hydroxyl groups excluding tert-OH is 13. The molecule has 3 amide bonds. The molecule has 0 aliphatic carbocycles. The van der Waals surface area contributed by atoms with Crippen molar-refractivity contribution in [2.45, 2.75) is 193 Å². The fourth-order valence-corrected chi connectivity index (χ4v) is 9.51. The summed E-state index contributed by atoms with van der Waals surface area (Å²) in [6.45, 7) is -0.422. The van der Waals surface area contributed by atoms with Crippen molar-refractivity contribution >= 4 is 34.1 Å². The Morgan fingerprint density at radius 2 is 1.16 bits per heavy atom. The average Bonchev–Trinajstić information content (AvgIpc) is 3.32. The number of ether oxygens (including phenoxy) is 9. The van der Waals surface area contributed by atoms with Crippen LogP contribution in [0.15, 0.2) is 0 Å². The van der Waals surface area contributed by atoms with E-state index < -0.39 is 226 Å². The molecule has 35 heteroatoms. The van der Waals surface area contributed by atoms with Gasteiger partial charge >= 0.3 is 16.4 Å². The number of hydrogen-bond donors (Lipinski definition) is 18. The van der Waals surface area contributed by atoms with Crippen LogP contribution in [0.3, 0.4) is 0 Å². The van der Waals surface area contributed by atoms with E-state index in [2.05, 4.69) is 20.1 Å². The standard InChI is InChI=1S/C39H65N3O31S/c1-10-22(51)26(55)27(56)36(65-10)71-32-21(42-13(4)48)35(68-17(8-45)29(32)69-37-28(57)33(73-74(61,62)63)24(53)16(7-44)67-37)70-30-20(41-12(3)47)34(58)66-18(25(30)54)9-64-39(38(59)60)5-14(49)19(40-11(2)46)31(72-39)23(52)15(50)6-43/h10,14-37,43-45,49-58H,5-9H2,1-4H3,(H,40,46)(H,41,47)(H,42,48)(H,59,60)(H,61,62,63)/t10-,14-,15+,16+,17+,18+,19+,20+,21+,22+,23+,24-,25-,26+,27-,28+,29+,30+,31+,32+,33-,34?,35-,36-,37-,39+/m0/s1. The lowest BCUT2D eigenvalue weighted by molar-refractivity contribution is -0.381. The van der Waals surface area contributed by atoms with E-state index in [-0.39, 0.29) is 0 Å². The number of aliphatic hydroxyl groups is 13. The number of rotatable bonds is 20. The number of carbonyl (C=O) groups is 4. The Morgan fingerprint density at radius 1 is 0.635 bits per heavy atom. The van der Waals surface area contributed by atoms with E-state index in [1.807, 2.05) is 0 Å². The lowest BCUT2D eigenvalue weighted by atomic mass is 9.88. The van der Waals surface area contributed by atoms with Crippen molar-refractivity contribution in [2.75, 3.05) is 26.4 Å². The van der Waals surface area contributed by atoms with Gasteiger partial charge in [0.25, 0.3) is 5.79 Å². The van der Waals surface area contributed by atoms with Crippen molar-refractivity contribution in [1.82, 2.24) is 16.0 Å². The van der Waals surface area contributed by atoms with Gasteiger partial charge in [-0.2, -0.15) is 8.42 Å². The molecular formula is C39H65N3O31S. The van der Waals surface area contributed by atoms with Crippen molar-refractivity contribution in [2.24, 2.45) is 0 Å². The van der Waals surface area contributed by atoms with Crippen LogP contribution >= 0.6 is 0 Å². The van der Waals surface area contributed by atoms with Crippen LogP contribution in [-0.2, 0) is 76.4 Å². The first kappa shape index (κ1) is 61.7. The molecule has 0 aromatic rings. The fraction of sp³-hybridized carbons (Fsp3) is 0.897. The highest BCUT2D eigenvalue weighted by atomic mass is 32.3. The van der Waals surface area contributed by atoms with Gasteiger partial charge in [0.2, 0.25) is 17.7 Å². The molecule has 5 heterocycles. The Hall–Kier alpha value is -3.13. The first-order valence-corrected chi connectivity index (χ1v) is 24.1. The van der Waals surface area contributed by atoms with Crippen LogP contribution in [0.5, 0.6) is 0 Å². The minimum atomic E-state index is -5.46. The van der Waals surface area contributed by atoms with Gasteiger partial charge in [-0.3, -0.25) is 18.9 Å². The van der Waals surface area contributed by atoms with Gasteiger partial charge in [0.1, 0.15) is 110 Å². The van der Waals surface area contributed by atoms with E-state index in [1.165, 1.54) is 6.92 Å². The molecule has 0 aromatic carbocycles. The molecule has 0 radical (unpaired) electrons. The second kappa shape index (κ2) is 25.6. The molecule has 5 saturated heterocycles. The zero-order valence-electron chi connectivity index (χ0n) is 39.6. The molecule has 0 aromatic heterocycles. The number of carbonyl (C=O) groups excluding carboxylic acids is 3. The summed E-state index contributed by atoms with van der Waals surface area (Å²) in [6.07, 6.45) is -46.0. The maximum Gasteiger partial charge on any atom is 0.397 e. The molecule has 34 nitrogen and oxygen atoms in total. The summed E-state index contributed by atoms with van der Waals surface area (Å²) in [6, 6.07) is -5.41. The molecule has 74 heavy (non-hydrogen) atoms. The highest BCUT2D eigenvalue weighted by Crippen LogP contribution is 2.38. The highest BCUT2D eigenvalue weighted by Gasteiger charge is 2.60. The topological polar surface area (TPSA) is 534 Å². The number of aliphatic carboxylic acids is 1. The van der Waals surface area contributed by atoms with Gasteiger partial charge in [0.15, 0.2) is 25.2 Å². The Kier molecular flexibility index (Phi) is 21.3. The van der Waals surface area contributed by atoms with Crippen LogP contribution in [0.25, 0.3) is 0 Å². The predicted octanol–water partition coefficient (Wildman–Crippen LogP) is -11.4. The number of amides is 3. The van der Waals surface area contributed by atoms with Crippen LogP contribution in [0, 0.1) is 0 Å². The van der Waals surface area contributed by atoms with Crippen LogP contribution in [0.1, 0.15) is 34.1 Å². The van der Waals surface area contributed by atoms with E-state index >= 15 is 0 Å². The van der Waals surface area contributed by atoms with Gasteiger partial charge in [-0.05, 0) is 6.92 Å². The van der Waals surface area contributed by atoms with Gasteiger partial charge in [-0.1, -0.05) is 0 Å². The largest absolute Gasteiger partial charge is 0.477 e. The second-order valence-corrected chi connectivity index (χ2v) is 19.2. The van der Waals surface area contributed by atoms with Crippen LogP contribution < -0.4 is 16.0 Å². The van der Waals surface area contributed by atoms with Crippen LogP contribution in [0.4, 0.5) is 0 Å². The summed E-state index contributed by atoms with van der Waals surface area (Å²) in [5.74, 6) is -7.68. The zero-order chi connectivity index (χ0) is 55.5. The Balaban J connectivity index is 1.54. The van der Waals surface area contributed by atoms with E-state index in [9.17, 15) is 104 Å². The average molecular weight is 1100 g/mol. The summed E-state index contributed by atoms with van der Waals surface area (Å²) in [7, 11) is -5.46. The maximum absolute atomic E-state index is 13.0. The van der Waals surface area contributed by atoms with Crippen molar-refractivity contribution in [3.8, 4) is 0 Å². The number of nitrogens with one attached hydrogen (secondary N) is 3. The SMILES string of the molecule is CC(=O)N[C@H]1[C@H](O[C@H]2[C@@H](O)[C@@H](CO[C@]3(C(=O)O)C[C@H](O)[C@@H](NC(C)=O)[C@H]([C@H](O)[C@H](O)CO)O3)OC(O)[C@@H]2NC(C)=O)O[C@H](CO)[C@@H](O[C@@H]2O[C@H](CO)[C@H](O)[C@H](OS(=O)(=O)O)[C@H]2O)[C@@H]1O[C@@H]1O[C@@H](C)[C@@H](O)[C@@H](O)[C@@H]1O. The lowest BCUT2D eigenvalue weighted by Gasteiger charge is -2.52. The van der Waals surface area contributed by atoms with Crippen molar-refractivity contribution in [3.63, 3.8) is 0 Å². The number of carboxylic acids is 1. The molecule has 5 aliphatic rings. The number of hydrogen-bond acceptors (Lipinski definition) is 29. The van der Waals surface area contributed by atoms with Gasteiger partial charge < -0.3 is 130 Å².